The minimum Gasteiger partial charge on any atom is -0.484 e. The summed E-state index contributed by atoms with van der Waals surface area (Å²) >= 11 is 0. The third kappa shape index (κ3) is 5.69. The molecule has 0 aliphatic heterocycles. The molecular formula is C24H23F3N4O3. The Morgan fingerprint density at radius 1 is 1.09 bits per heavy atom. The van der Waals surface area contributed by atoms with Crippen molar-refractivity contribution in [3.05, 3.63) is 61.1 Å². The highest BCUT2D eigenvalue weighted by molar-refractivity contribution is 6.01. The third-order valence-electron chi connectivity index (χ3n) is 4.74. The number of amides is 1. The Morgan fingerprint density at radius 3 is 2.50 bits per heavy atom. The highest BCUT2D eigenvalue weighted by Gasteiger charge is 2.28. The zero-order valence-electron chi connectivity index (χ0n) is 18.7. The number of anilines is 1. The summed E-state index contributed by atoms with van der Waals surface area (Å²) in [6, 6.07) is 11.9. The maximum atomic E-state index is 12.3. The van der Waals surface area contributed by atoms with Crippen LogP contribution in [0.25, 0.3) is 27.7 Å². The Kier molecular flexibility index (Phi) is 5.99. The van der Waals surface area contributed by atoms with E-state index < -0.39 is 24.5 Å². The largest absolute Gasteiger partial charge is 0.484 e. The molecule has 0 saturated heterocycles. The molecular weight excluding hydrogens is 449 g/mol. The first-order valence-corrected chi connectivity index (χ1v) is 10.4. The van der Waals surface area contributed by atoms with Crippen molar-refractivity contribution in [1.29, 1.82) is 0 Å². The molecule has 0 atom stereocenters. The molecule has 7 nitrogen and oxygen atoms in total. The van der Waals surface area contributed by atoms with E-state index in [2.05, 4.69) is 15.4 Å². The van der Waals surface area contributed by atoms with Crippen LogP contribution in [0, 0.1) is 0 Å². The number of carbonyl (C=O) groups is 1. The number of hydrogen-bond donors (Lipinski definition) is 2. The maximum Gasteiger partial charge on any atom is 0.422 e. The van der Waals surface area contributed by atoms with Crippen LogP contribution in [0.4, 0.5) is 23.7 Å². The highest BCUT2D eigenvalue weighted by Crippen LogP contribution is 2.30. The van der Waals surface area contributed by atoms with Gasteiger partial charge in [0.1, 0.15) is 11.4 Å². The number of nitrogens with zero attached hydrogens (tertiary/aromatic N) is 2. The third-order valence-corrected chi connectivity index (χ3v) is 4.74. The van der Waals surface area contributed by atoms with Gasteiger partial charge in [0, 0.05) is 28.9 Å². The number of benzene rings is 2. The van der Waals surface area contributed by atoms with Crippen molar-refractivity contribution in [2.24, 2.45) is 0 Å². The summed E-state index contributed by atoms with van der Waals surface area (Å²) in [5.74, 6) is 0.122. The second-order valence-electron chi connectivity index (χ2n) is 8.66. The second kappa shape index (κ2) is 8.77. The normalized spacial score (nSPS) is 12.1. The molecule has 34 heavy (non-hydrogen) atoms. The Balaban J connectivity index is 1.52. The zero-order chi connectivity index (χ0) is 24.5. The summed E-state index contributed by atoms with van der Waals surface area (Å²) in [5, 5.41) is 7.92. The lowest BCUT2D eigenvalue weighted by atomic mass is 10.1. The lowest BCUT2D eigenvalue weighted by Crippen LogP contribution is -2.27. The Hall–Kier alpha value is -3.95. The number of rotatable bonds is 5. The standard InChI is InChI=1S/C24H23F3N4O3/c1-23(2,3)34-22(32)30-21-12-28-20-9-4-15(10-19(20)21)16-11-29-31(13-16)17-5-7-18(8-6-17)33-14-24(25,26)27/h4-13,28H,14H2,1-3H3,(H,30,32). The van der Waals surface area contributed by atoms with Gasteiger partial charge in [-0.1, -0.05) is 6.07 Å². The molecule has 1 amide bonds. The van der Waals surface area contributed by atoms with E-state index in [1.807, 2.05) is 18.2 Å². The van der Waals surface area contributed by atoms with Crippen LogP contribution in [0.1, 0.15) is 20.8 Å². The molecule has 0 saturated carbocycles. The molecule has 2 heterocycles. The van der Waals surface area contributed by atoms with E-state index in [-0.39, 0.29) is 5.75 Å². The van der Waals surface area contributed by atoms with E-state index in [0.29, 0.717) is 11.4 Å². The van der Waals surface area contributed by atoms with Crippen LogP contribution in [0.3, 0.4) is 0 Å². The van der Waals surface area contributed by atoms with Gasteiger partial charge in [-0.2, -0.15) is 18.3 Å². The number of alkyl halides is 3. The van der Waals surface area contributed by atoms with Gasteiger partial charge in [0.15, 0.2) is 6.61 Å². The van der Waals surface area contributed by atoms with Crippen molar-refractivity contribution in [3.63, 3.8) is 0 Å². The van der Waals surface area contributed by atoms with Crippen LogP contribution < -0.4 is 10.1 Å². The highest BCUT2D eigenvalue weighted by atomic mass is 19.4. The van der Waals surface area contributed by atoms with Crippen molar-refractivity contribution in [2.75, 3.05) is 11.9 Å². The fourth-order valence-electron chi connectivity index (χ4n) is 3.29. The van der Waals surface area contributed by atoms with Crippen LogP contribution in [-0.2, 0) is 4.74 Å². The molecule has 2 N–H and O–H groups in total. The number of hydrogen-bond acceptors (Lipinski definition) is 4. The van der Waals surface area contributed by atoms with Crippen LogP contribution in [0.5, 0.6) is 5.75 Å². The summed E-state index contributed by atoms with van der Waals surface area (Å²) in [4.78, 5) is 15.3. The van der Waals surface area contributed by atoms with E-state index in [1.165, 1.54) is 12.1 Å². The quantitative estimate of drug-likeness (QED) is 0.357. The van der Waals surface area contributed by atoms with Crippen LogP contribution >= 0.6 is 0 Å². The van der Waals surface area contributed by atoms with E-state index in [0.717, 1.165) is 22.0 Å². The molecule has 0 spiro atoms. The van der Waals surface area contributed by atoms with E-state index in [1.54, 1.807) is 56.2 Å². The Bertz CT molecular complexity index is 1300. The van der Waals surface area contributed by atoms with Gasteiger partial charge in [0.05, 0.1) is 17.6 Å². The summed E-state index contributed by atoms with van der Waals surface area (Å²) in [6.07, 6.45) is 0.250. The topological polar surface area (TPSA) is 81.2 Å². The van der Waals surface area contributed by atoms with Crippen molar-refractivity contribution in [2.45, 2.75) is 32.5 Å². The minimum atomic E-state index is -4.39. The maximum absolute atomic E-state index is 12.3. The molecule has 2 aromatic heterocycles. The first-order valence-electron chi connectivity index (χ1n) is 10.4. The molecule has 0 bridgehead atoms. The van der Waals surface area contributed by atoms with Gasteiger partial charge >= 0.3 is 12.3 Å². The fraction of sp³-hybridized carbons (Fsp3) is 0.250. The van der Waals surface area contributed by atoms with Crippen molar-refractivity contribution in [3.8, 4) is 22.6 Å². The number of aromatic nitrogens is 3. The summed E-state index contributed by atoms with van der Waals surface area (Å²) < 4.78 is 48.6. The first kappa shape index (κ1) is 23.2. The predicted molar refractivity (Wildman–Crippen MR) is 122 cm³/mol. The second-order valence-corrected chi connectivity index (χ2v) is 8.66. The lowest BCUT2D eigenvalue weighted by molar-refractivity contribution is -0.153. The monoisotopic (exact) mass is 472 g/mol. The van der Waals surface area contributed by atoms with Gasteiger partial charge in [-0.3, -0.25) is 5.32 Å². The molecule has 0 aliphatic rings. The number of fused-ring (bicyclic) bond motifs is 1. The van der Waals surface area contributed by atoms with Gasteiger partial charge in [0.25, 0.3) is 0 Å². The summed E-state index contributed by atoms with van der Waals surface area (Å²) in [5.41, 5.74) is 3.18. The van der Waals surface area contributed by atoms with Gasteiger partial charge in [-0.05, 0) is 62.7 Å². The molecule has 178 valence electrons. The number of ether oxygens (including phenoxy) is 2. The number of aromatic amines is 1. The van der Waals surface area contributed by atoms with Crippen LogP contribution in [0.15, 0.2) is 61.1 Å². The average Bonchev–Trinajstić information content (AvgIpc) is 3.38. The van der Waals surface area contributed by atoms with E-state index in [4.69, 9.17) is 9.47 Å². The zero-order valence-corrected chi connectivity index (χ0v) is 18.7. The number of H-pyrrole nitrogens is 1. The molecule has 0 fully saturated rings. The van der Waals surface area contributed by atoms with E-state index in [9.17, 15) is 18.0 Å². The summed E-state index contributed by atoms with van der Waals surface area (Å²) in [7, 11) is 0. The molecule has 4 rings (SSSR count). The summed E-state index contributed by atoms with van der Waals surface area (Å²) in [6.45, 7) is 4.03. The molecule has 0 radical (unpaired) electrons. The molecule has 0 aliphatic carbocycles. The lowest BCUT2D eigenvalue weighted by Gasteiger charge is -2.19. The first-order chi connectivity index (χ1) is 16.0. The molecule has 0 unspecified atom stereocenters. The van der Waals surface area contributed by atoms with Gasteiger partial charge in [-0.25, -0.2) is 9.48 Å². The number of nitrogens with one attached hydrogen (secondary N) is 2. The smallest absolute Gasteiger partial charge is 0.422 e. The molecule has 10 heteroatoms. The molecule has 2 aromatic carbocycles. The van der Waals surface area contributed by atoms with Gasteiger partial charge in [-0.15, -0.1) is 0 Å². The van der Waals surface area contributed by atoms with Crippen molar-refractivity contribution < 1.29 is 27.4 Å². The number of carbonyl (C=O) groups excluding carboxylic acids is 1. The predicted octanol–water partition coefficient (Wildman–Crippen LogP) is 6.31. The average molecular weight is 472 g/mol. The fourth-order valence-corrected chi connectivity index (χ4v) is 3.29. The van der Waals surface area contributed by atoms with Gasteiger partial charge in [0.2, 0.25) is 0 Å². The Morgan fingerprint density at radius 2 is 1.82 bits per heavy atom. The SMILES string of the molecule is CC(C)(C)OC(=O)Nc1c[nH]c2ccc(-c3cnn(-c4ccc(OCC(F)(F)F)cc4)c3)cc12. The molecule has 4 aromatic rings. The van der Waals surface area contributed by atoms with Crippen molar-refractivity contribution in [1.82, 2.24) is 14.8 Å². The van der Waals surface area contributed by atoms with Crippen LogP contribution in [-0.4, -0.2) is 39.2 Å². The van der Waals surface area contributed by atoms with Crippen molar-refractivity contribution >= 4 is 22.7 Å². The number of halogens is 3. The van der Waals surface area contributed by atoms with Gasteiger partial charge < -0.3 is 14.5 Å². The van der Waals surface area contributed by atoms with E-state index >= 15 is 0 Å². The Labute approximate surface area is 193 Å². The van der Waals surface area contributed by atoms with Crippen LogP contribution in [0.2, 0.25) is 0 Å². The minimum absolute atomic E-state index is 0.122.